The lowest BCUT2D eigenvalue weighted by atomic mass is 9.98. The summed E-state index contributed by atoms with van der Waals surface area (Å²) in [5.41, 5.74) is 6.14. The van der Waals surface area contributed by atoms with E-state index in [1.165, 1.54) is 11.1 Å². The third kappa shape index (κ3) is 4.38. The molecule has 0 radical (unpaired) electrons. The normalized spacial score (nSPS) is 11.0. The minimum Gasteiger partial charge on any atom is -0.488 e. The maximum Gasteiger partial charge on any atom is 0.273 e. The Morgan fingerprint density at radius 3 is 2.28 bits per heavy atom. The molecule has 2 aromatic rings. The molecule has 0 aromatic heterocycles. The molecule has 0 bridgehead atoms. The first-order valence-electron chi connectivity index (χ1n) is 8.67. The Labute approximate surface area is 150 Å². The summed E-state index contributed by atoms with van der Waals surface area (Å²) in [6, 6.07) is 8.10. The molecular formula is C21H27NO3. The van der Waals surface area contributed by atoms with E-state index in [0.717, 1.165) is 28.9 Å². The number of aryl methyl sites for hydroxylation is 2. The summed E-state index contributed by atoms with van der Waals surface area (Å²) in [6.45, 7) is 12.5. The van der Waals surface area contributed by atoms with Gasteiger partial charge in [-0.2, -0.15) is 0 Å². The van der Waals surface area contributed by atoms with Crippen molar-refractivity contribution in [2.75, 3.05) is 0 Å². The first-order chi connectivity index (χ1) is 11.7. The van der Waals surface area contributed by atoms with Crippen LogP contribution in [0.25, 0.3) is 0 Å². The largest absolute Gasteiger partial charge is 0.488 e. The maximum atomic E-state index is 11.1. The number of hydrogen-bond acceptors (Lipinski definition) is 3. The van der Waals surface area contributed by atoms with Crippen molar-refractivity contribution >= 4 is 5.69 Å². The van der Waals surface area contributed by atoms with E-state index >= 15 is 0 Å². The highest BCUT2D eigenvalue weighted by Gasteiger charge is 2.18. The zero-order chi connectivity index (χ0) is 18.7. The van der Waals surface area contributed by atoms with Crippen LogP contribution < -0.4 is 4.74 Å². The first kappa shape index (κ1) is 19.0. The molecule has 4 nitrogen and oxygen atoms in total. The molecule has 0 aliphatic carbocycles. The van der Waals surface area contributed by atoms with Crippen LogP contribution in [-0.4, -0.2) is 4.92 Å². The van der Waals surface area contributed by atoms with E-state index in [9.17, 15) is 10.1 Å². The molecular weight excluding hydrogens is 314 g/mol. The second-order valence-corrected chi connectivity index (χ2v) is 7.20. The number of hydrogen-bond donors (Lipinski definition) is 0. The number of ether oxygens (including phenoxy) is 1. The molecule has 0 unspecified atom stereocenters. The smallest absolute Gasteiger partial charge is 0.273 e. The first-order valence-corrected chi connectivity index (χ1v) is 8.67. The minimum atomic E-state index is -0.337. The fourth-order valence-electron chi connectivity index (χ4n) is 3.12. The van der Waals surface area contributed by atoms with Gasteiger partial charge in [-0.3, -0.25) is 10.1 Å². The van der Waals surface area contributed by atoms with Crippen molar-refractivity contribution in [1.82, 2.24) is 0 Å². The average molecular weight is 341 g/mol. The van der Waals surface area contributed by atoms with Crippen LogP contribution in [0.1, 0.15) is 47.2 Å². The van der Waals surface area contributed by atoms with Crippen molar-refractivity contribution in [1.29, 1.82) is 0 Å². The summed E-state index contributed by atoms with van der Waals surface area (Å²) in [5.74, 6) is 1.38. The van der Waals surface area contributed by atoms with Gasteiger partial charge in [0.05, 0.1) is 4.92 Å². The monoisotopic (exact) mass is 341 g/mol. The fourth-order valence-corrected chi connectivity index (χ4v) is 3.12. The molecule has 0 saturated heterocycles. The van der Waals surface area contributed by atoms with Gasteiger partial charge in [0.15, 0.2) is 0 Å². The van der Waals surface area contributed by atoms with Crippen molar-refractivity contribution in [3.8, 4) is 5.75 Å². The zero-order valence-corrected chi connectivity index (χ0v) is 16.0. The highest BCUT2D eigenvalue weighted by molar-refractivity contribution is 5.55. The van der Waals surface area contributed by atoms with E-state index in [-0.39, 0.29) is 10.6 Å². The van der Waals surface area contributed by atoms with Gasteiger partial charge in [0.2, 0.25) is 0 Å². The Morgan fingerprint density at radius 1 is 1.04 bits per heavy atom. The molecule has 4 heteroatoms. The summed E-state index contributed by atoms with van der Waals surface area (Å²) in [7, 11) is 0. The third-order valence-corrected chi connectivity index (χ3v) is 4.62. The van der Waals surface area contributed by atoms with Gasteiger partial charge in [-0.1, -0.05) is 32.0 Å². The molecule has 0 fully saturated rings. The molecule has 0 amide bonds. The average Bonchev–Trinajstić information content (AvgIpc) is 2.51. The lowest BCUT2D eigenvalue weighted by Crippen LogP contribution is -2.04. The summed E-state index contributed by atoms with van der Waals surface area (Å²) in [6.07, 6.45) is 1.07. The van der Waals surface area contributed by atoms with Gasteiger partial charge in [-0.05, 0) is 62.3 Å². The summed E-state index contributed by atoms with van der Waals surface area (Å²) in [5, 5.41) is 11.1. The highest BCUT2D eigenvalue weighted by atomic mass is 16.6. The Hall–Kier alpha value is -2.36. The van der Waals surface area contributed by atoms with Crippen molar-refractivity contribution in [3.05, 3.63) is 67.8 Å². The quantitative estimate of drug-likeness (QED) is 0.507. The van der Waals surface area contributed by atoms with Crippen LogP contribution in [0.2, 0.25) is 0 Å². The van der Waals surface area contributed by atoms with Gasteiger partial charge in [0, 0.05) is 17.2 Å². The topological polar surface area (TPSA) is 52.4 Å². The molecule has 0 saturated carbocycles. The Bertz CT molecular complexity index is 794. The Balaban J connectivity index is 2.22. The third-order valence-electron chi connectivity index (χ3n) is 4.62. The second kappa shape index (κ2) is 7.68. The number of rotatable bonds is 6. The van der Waals surface area contributed by atoms with Gasteiger partial charge in [0.25, 0.3) is 5.69 Å². The van der Waals surface area contributed by atoms with E-state index in [1.807, 2.05) is 13.8 Å². The molecule has 2 aromatic carbocycles. The molecule has 25 heavy (non-hydrogen) atoms. The fraction of sp³-hybridized carbons (Fsp3) is 0.429. The van der Waals surface area contributed by atoms with Gasteiger partial charge in [0.1, 0.15) is 12.4 Å². The highest BCUT2D eigenvalue weighted by Crippen LogP contribution is 2.33. The molecule has 0 aliphatic rings. The zero-order valence-electron chi connectivity index (χ0n) is 16.0. The predicted octanol–water partition coefficient (Wildman–Crippen LogP) is 5.61. The summed E-state index contributed by atoms with van der Waals surface area (Å²) < 4.78 is 6.05. The maximum absolute atomic E-state index is 11.1. The van der Waals surface area contributed by atoms with Crippen LogP contribution in [0.15, 0.2) is 24.3 Å². The lowest BCUT2D eigenvalue weighted by molar-refractivity contribution is -0.385. The molecule has 0 spiro atoms. The Morgan fingerprint density at radius 2 is 1.72 bits per heavy atom. The molecule has 0 atom stereocenters. The van der Waals surface area contributed by atoms with Crippen molar-refractivity contribution in [2.45, 2.75) is 54.6 Å². The predicted molar refractivity (Wildman–Crippen MR) is 101 cm³/mol. The molecule has 134 valence electrons. The van der Waals surface area contributed by atoms with Crippen LogP contribution in [0, 0.1) is 43.7 Å². The number of nitro benzene ring substituents is 1. The van der Waals surface area contributed by atoms with E-state index in [1.54, 1.807) is 13.0 Å². The molecule has 0 aliphatic heterocycles. The van der Waals surface area contributed by atoms with Crippen molar-refractivity contribution in [3.63, 3.8) is 0 Å². The Kier molecular flexibility index (Phi) is 5.83. The van der Waals surface area contributed by atoms with E-state index in [2.05, 4.69) is 39.0 Å². The van der Waals surface area contributed by atoms with E-state index in [0.29, 0.717) is 18.1 Å². The standard InChI is InChI=1S/C21H27NO3/c1-13(2)9-18-7-8-19(14(3)10-18)12-25-21-15(4)11-20(22(23)24)16(5)17(21)6/h7-8,10-11,13H,9,12H2,1-6H3. The number of benzene rings is 2. The van der Waals surface area contributed by atoms with Gasteiger partial charge < -0.3 is 4.74 Å². The summed E-state index contributed by atoms with van der Waals surface area (Å²) >= 11 is 0. The van der Waals surface area contributed by atoms with Crippen LogP contribution in [0.5, 0.6) is 5.75 Å². The van der Waals surface area contributed by atoms with Crippen LogP contribution >= 0.6 is 0 Å². The summed E-state index contributed by atoms with van der Waals surface area (Å²) in [4.78, 5) is 10.8. The SMILES string of the molecule is Cc1cc(CC(C)C)ccc1COc1c(C)cc([N+](=O)[O-])c(C)c1C. The van der Waals surface area contributed by atoms with Crippen LogP contribution in [-0.2, 0) is 13.0 Å². The van der Waals surface area contributed by atoms with Crippen molar-refractivity contribution < 1.29 is 9.66 Å². The van der Waals surface area contributed by atoms with Crippen LogP contribution in [0.3, 0.4) is 0 Å². The minimum absolute atomic E-state index is 0.150. The molecule has 0 heterocycles. The number of nitrogens with zero attached hydrogens (tertiary/aromatic N) is 1. The van der Waals surface area contributed by atoms with E-state index < -0.39 is 0 Å². The second-order valence-electron chi connectivity index (χ2n) is 7.20. The number of nitro groups is 1. The molecule has 2 rings (SSSR count). The van der Waals surface area contributed by atoms with E-state index in [4.69, 9.17) is 4.74 Å². The van der Waals surface area contributed by atoms with Gasteiger partial charge in [-0.15, -0.1) is 0 Å². The van der Waals surface area contributed by atoms with Crippen LogP contribution in [0.4, 0.5) is 5.69 Å². The van der Waals surface area contributed by atoms with Crippen molar-refractivity contribution in [2.24, 2.45) is 5.92 Å². The molecule has 0 N–H and O–H groups in total. The van der Waals surface area contributed by atoms with Gasteiger partial charge in [-0.25, -0.2) is 0 Å². The lowest BCUT2D eigenvalue weighted by Gasteiger charge is -2.16. The van der Waals surface area contributed by atoms with Gasteiger partial charge >= 0.3 is 0 Å².